The summed E-state index contributed by atoms with van der Waals surface area (Å²) < 4.78 is 42.0. The van der Waals surface area contributed by atoms with Crippen LogP contribution in [-0.4, -0.2) is 34.1 Å². The first kappa shape index (κ1) is 10.0. The smallest absolute Gasteiger partial charge is 0.228 e. The van der Waals surface area contributed by atoms with Crippen molar-refractivity contribution in [2.45, 2.75) is 0 Å². The highest BCUT2D eigenvalue weighted by Gasteiger charge is 2.26. The van der Waals surface area contributed by atoms with Gasteiger partial charge in [0, 0.05) is 10.7 Å². The summed E-state index contributed by atoms with van der Waals surface area (Å²) >= 11 is 0. The summed E-state index contributed by atoms with van der Waals surface area (Å²) in [5, 5.41) is 0. The molecule has 7 heteroatoms. The van der Waals surface area contributed by atoms with Gasteiger partial charge in [-0.2, -0.15) is 0 Å². The first-order valence-corrected chi connectivity index (χ1v) is 7.39. The van der Waals surface area contributed by atoms with E-state index in [4.69, 9.17) is 10.7 Å². The second kappa shape index (κ2) is 3.01. The van der Waals surface area contributed by atoms with Crippen LogP contribution in [0.4, 0.5) is 0 Å². The standard InChI is InChI=1S/C5H7ClO4S2/c6-12(9,10)2-1-5-3-11(7,8)4-5/h1H,2-4H2. The van der Waals surface area contributed by atoms with Crippen LogP contribution < -0.4 is 0 Å². The molecular formula is C5H7ClO4S2. The van der Waals surface area contributed by atoms with Gasteiger partial charge in [0.1, 0.15) is 0 Å². The molecule has 0 aromatic heterocycles. The van der Waals surface area contributed by atoms with Crippen molar-refractivity contribution in [3.8, 4) is 0 Å². The average Bonchev–Trinajstić information content (AvgIpc) is 1.76. The second-order valence-corrected chi connectivity index (χ2v) is 7.49. The Morgan fingerprint density at radius 3 is 2.25 bits per heavy atom. The van der Waals surface area contributed by atoms with Crippen LogP contribution >= 0.6 is 10.7 Å². The van der Waals surface area contributed by atoms with E-state index in [1.807, 2.05) is 0 Å². The average molecular weight is 231 g/mol. The maximum Gasteiger partial charge on any atom is 0.236 e. The number of hydrogen-bond donors (Lipinski definition) is 0. The molecule has 12 heavy (non-hydrogen) atoms. The Morgan fingerprint density at radius 2 is 1.92 bits per heavy atom. The molecule has 0 radical (unpaired) electrons. The first-order chi connectivity index (χ1) is 5.29. The van der Waals surface area contributed by atoms with Crippen LogP contribution in [0.2, 0.25) is 0 Å². The van der Waals surface area contributed by atoms with Crippen LogP contribution in [0.3, 0.4) is 0 Å². The predicted octanol–water partition coefficient (Wildman–Crippen LogP) is -0.0902. The number of hydrogen-bond acceptors (Lipinski definition) is 4. The van der Waals surface area contributed by atoms with Crippen molar-refractivity contribution in [1.29, 1.82) is 0 Å². The fourth-order valence-corrected chi connectivity index (χ4v) is 2.76. The van der Waals surface area contributed by atoms with Gasteiger partial charge in [-0.05, 0) is 5.57 Å². The van der Waals surface area contributed by atoms with Crippen LogP contribution in [0.15, 0.2) is 11.6 Å². The summed E-state index contributed by atoms with van der Waals surface area (Å²) in [6.45, 7) is 0. The number of halogens is 1. The minimum atomic E-state index is -3.53. The van der Waals surface area contributed by atoms with E-state index in [0.29, 0.717) is 5.57 Å². The van der Waals surface area contributed by atoms with Crippen LogP contribution in [0.1, 0.15) is 0 Å². The third kappa shape index (κ3) is 3.12. The van der Waals surface area contributed by atoms with E-state index < -0.39 is 18.9 Å². The Labute approximate surface area is 75.6 Å². The SMILES string of the molecule is O=S(=O)(Cl)CC=C1CS(=O)(=O)C1. The van der Waals surface area contributed by atoms with Gasteiger partial charge >= 0.3 is 0 Å². The summed E-state index contributed by atoms with van der Waals surface area (Å²) in [6.07, 6.45) is 1.35. The molecule has 1 aliphatic rings. The molecule has 0 aromatic rings. The van der Waals surface area contributed by atoms with E-state index in [1.54, 1.807) is 0 Å². The molecule has 70 valence electrons. The van der Waals surface area contributed by atoms with Crippen molar-refractivity contribution >= 4 is 29.6 Å². The Hall–Kier alpha value is -0.0700. The Balaban J connectivity index is 2.55. The molecule has 0 unspecified atom stereocenters. The van der Waals surface area contributed by atoms with Gasteiger partial charge in [0.25, 0.3) is 0 Å². The summed E-state index contributed by atoms with van der Waals surface area (Å²) in [5.74, 6) is -0.349. The van der Waals surface area contributed by atoms with Gasteiger partial charge in [-0.3, -0.25) is 0 Å². The van der Waals surface area contributed by atoms with Gasteiger partial charge in [-0.1, -0.05) is 6.08 Å². The highest BCUT2D eigenvalue weighted by atomic mass is 35.7. The van der Waals surface area contributed by atoms with Crippen LogP contribution in [0, 0.1) is 0 Å². The molecule has 1 fully saturated rings. The Bertz CT molecular complexity index is 389. The second-order valence-electron chi connectivity index (χ2n) is 2.60. The quantitative estimate of drug-likeness (QED) is 0.491. The summed E-state index contributed by atoms with van der Waals surface area (Å²) in [4.78, 5) is 0. The van der Waals surface area contributed by atoms with Crippen molar-refractivity contribution < 1.29 is 16.8 Å². The van der Waals surface area contributed by atoms with E-state index in [0.717, 1.165) is 0 Å². The zero-order chi connectivity index (χ0) is 9.41. The highest BCUT2D eigenvalue weighted by molar-refractivity contribution is 8.13. The van der Waals surface area contributed by atoms with Crippen molar-refractivity contribution in [3.63, 3.8) is 0 Å². The molecule has 1 aliphatic heterocycles. The molecule has 0 atom stereocenters. The van der Waals surface area contributed by atoms with Gasteiger partial charge in [-0.15, -0.1) is 0 Å². The summed E-state index contributed by atoms with van der Waals surface area (Å²) in [7, 11) is -1.53. The van der Waals surface area contributed by atoms with Gasteiger partial charge < -0.3 is 0 Å². The van der Waals surface area contributed by atoms with Gasteiger partial charge in [0.2, 0.25) is 9.05 Å². The maximum atomic E-state index is 10.6. The minimum Gasteiger partial charge on any atom is -0.228 e. The Kier molecular flexibility index (Phi) is 2.51. The molecule has 1 heterocycles. The monoisotopic (exact) mass is 230 g/mol. The zero-order valence-electron chi connectivity index (χ0n) is 6.03. The van der Waals surface area contributed by atoms with Gasteiger partial charge in [-0.25, -0.2) is 16.8 Å². The lowest BCUT2D eigenvalue weighted by Crippen LogP contribution is -2.27. The largest absolute Gasteiger partial charge is 0.236 e. The first-order valence-electron chi connectivity index (χ1n) is 3.09. The molecule has 0 N–H and O–H groups in total. The van der Waals surface area contributed by atoms with Crippen molar-refractivity contribution in [2.75, 3.05) is 17.3 Å². The lowest BCUT2D eigenvalue weighted by atomic mass is 10.3. The molecule has 0 aromatic carbocycles. The molecular weight excluding hydrogens is 224 g/mol. The van der Waals surface area contributed by atoms with Crippen LogP contribution in [-0.2, 0) is 18.9 Å². The maximum absolute atomic E-state index is 10.6. The van der Waals surface area contributed by atoms with E-state index in [2.05, 4.69) is 0 Å². The van der Waals surface area contributed by atoms with Crippen molar-refractivity contribution in [3.05, 3.63) is 11.6 Å². The van der Waals surface area contributed by atoms with Crippen LogP contribution in [0.5, 0.6) is 0 Å². The van der Waals surface area contributed by atoms with Crippen molar-refractivity contribution in [1.82, 2.24) is 0 Å². The van der Waals surface area contributed by atoms with Gasteiger partial charge in [0.15, 0.2) is 9.84 Å². The van der Waals surface area contributed by atoms with Crippen molar-refractivity contribution in [2.24, 2.45) is 0 Å². The minimum absolute atomic E-state index is 0.0284. The molecule has 4 nitrogen and oxygen atoms in total. The number of rotatable bonds is 2. The Morgan fingerprint density at radius 1 is 1.42 bits per heavy atom. The third-order valence-corrected chi connectivity index (χ3v) is 3.95. The predicted molar refractivity (Wildman–Crippen MR) is 46.4 cm³/mol. The van der Waals surface area contributed by atoms with E-state index >= 15 is 0 Å². The third-order valence-electron chi connectivity index (χ3n) is 1.38. The number of sulfone groups is 1. The van der Waals surface area contributed by atoms with E-state index in [1.165, 1.54) is 6.08 Å². The molecule has 0 saturated carbocycles. The molecule has 0 amide bonds. The topological polar surface area (TPSA) is 68.3 Å². The molecule has 0 aliphatic carbocycles. The summed E-state index contributed by atoms with van der Waals surface area (Å²) in [6, 6.07) is 0. The van der Waals surface area contributed by atoms with E-state index in [-0.39, 0.29) is 17.3 Å². The van der Waals surface area contributed by atoms with Crippen LogP contribution in [0.25, 0.3) is 0 Å². The molecule has 1 saturated heterocycles. The molecule has 0 bridgehead atoms. The van der Waals surface area contributed by atoms with Gasteiger partial charge in [0.05, 0.1) is 17.3 Å². The molecule has 1 rings (SSSR count). The zero-order valence-corrected chi connectivity index (χ0v) is 8.42. The highest BCUT2D eigenvalue weighted by Crippen LogP contribution is 2.17. The lowest BCUT2D eigenvalue weighted by molar-refractivity contribution is 0.592. The lowest BCUT2D eigenvalue weighted by Gasteiger charge is -2.16. The summed E-state index contributed by atoms with van der Waals surface area (Å²) in [5.41, 5.74) is 0.624. The fraction of sp³-hybridized carbons (Fsp3) is 0.600. The fourth-order valence-electron chi connectivity index (χ4n) is 0.858. The molecule has 0 spiro atoms. The van der Waals surface area contributed by atoms with E-state index in [9.17, 15) is 16.8 Å². The normalized spacial score (nSPS) is 21.6.